The smallest absolute Gasteiger partial charge is 0.230 e. The molecule has 2 aromatic rings. The van der Waals surface area contributed by atoms with Crippen LogP contribution in [0.3, 0.4) is 0 Å². The lowest BCUT2D eigenvalue weighted by atomic mass is 10.3. The zero-order chi connectivity index (χ0) is 18.4. The van der Waals surface area contributed by atoms with Gasteiger partial charge in [-0.15, -0.1) is 10.2 Å². The van der Waals surface area contributed by atoms with Gasteiger partial charge in [0.1, 0.15) is 5.76 Å². The van der Waals surface area contributed by atoms with E-state index in [0.717, 1.165) is 28.3 Å². The Labute approximate surface area is 159 Å². The third kappa shape index (κ3) is 4.98. The van der Waals surface area contributed by atoms with E-state index in [0.29, 0.717) is 26.1 Å². The van der Waals surface area contributed by atoms with Crippen molar-refractivity contribution in [1.29, 1.82) is 0 Å². The van der Waals surface area contributed by atoms with E-state index in [4.69, 9.17) is 4.42 Å². The second kappa shape index (κ2) is 9.04. The molecule has 1 aliphatic rings. The molecule has 1 fully saturated rings. The SMILES string of the molecule is CCC(=O)N1CCN(c2nnc(SCC(=O)NCc3ccco3)s2)CC1. The highest BCUT2D eigenvalue weighted by atomic mass is 32.2. The van der Waals surface area contributed by atoms with Crippen LogP contribution in [0.2, 0.25) is 0 Å². The fourth-order valence-electron chi connectivity index (χ4n) is 2.54. The summed E-state index contributed by atoms with van der Waals surface area (Å²) < 4.78 is 5.94. The number of amides is 2. The molecule has 0 bridgehead atoms. The zero-order valence-electron chi connectivity index (χ0n) is 14.5. The molecule has 1 N–H and O–H groups in total. The van der Waals surface area contributed by atoms with Crippen LogP contribution in [0.25, 0.3) is 0 Å². The van der Waals surface area contributed by atoms with Crippen LogP contribution in [0.5, 0.6) is 0 Å². The molecule has 0 atom stereocenters. The van der Waals surface area contributed by atoms with E-state index < -0.39 is 0 Å². The van der Waals surface area contributed by atoms with Crippen molar-refractivity contribution in [2.75, 3.05) is 36.8 Å². The van der Waals surface area contributed by atoms with Crippen LogP contribution in [-0.4, -0.2) is 58.8 Å². The molecule has 0 saturated carbocycles. The van der Waals surface area contributed by atoms with Crippen LogP contribution in [-0.2, 0) is 16.1 Å². The number of carbonyl (C=O) groups excluding carboxylic acids is 2. The summed E-state index contributed by atoms with van der Waals surface area (Å²) in [6, 6.07) is 3.61. The molecule has 0 aromatic carbocycles. The Morgan fingerprint density at radius 2 is 2.12 bits per heavy atom. The standard InChI is InChI=1S/C16H21N5O3S2/c1-2-14(23)20-5-7-21(8-6-20)15-18-19-16(26-15)25-11-13(22)17-10-12-4-3-9-24-12/h3-4,9H,2,5-8,10-11H2,1H3,(H,17,22). The van der Waals surface area contributed by atoms with Crippen molar-refractivity contribution in [3.8, 4) is 0 Å². The number of hydrogen-bond donors (Lipinski definition) is 1. The largest absolute Gasteiger partial charge is 0.467 e. The van der Waals surface area contributed by atoms with Gasteiger partial charge in [0.15, 0.2) is 4.34 Å². The van der Waals surface area contributed by atoms with Gasteiger partial charge in [-0.05, 0) is 12.1 Å². The third-order valence-corrected chi connectivity index (χ3v) is 6.09. The Morgan fingerprint density at radius 1 is 1.31 bits per heavy atom. The van der Waals surface area contributed by atoms with Gasteiger partial charge in [-0.1, -0.05) is 30.0 Å². The van der Waals surface area contributed by atoms with Crippen LogP contribution in [0.1, 0.15) is 19.1 Å². The second-order valence-electron chi connectivity index (χ2n) is 5.72. The molecule has 0 spiro atoms. The summed E-state index contributed by atoms with van der Waals surface area (Å²) in [4.78, 5) is 27.6. The van der Waals surface area contributed by atoms with Crippen molar-refractivity contribution < 1.29 is 14.0 Å². The fraction of sp³-hybridized carbons (Fsp3) is 0.500. The maximum atomic E-state index is 11.9. The minimum atomic E-state index is -0.0742. The van der Waals surface area contributed by atoms with Crippen molar-refractivity contribution in [1.82, 2.24) is 20.4 Å². The molecule has 0 aliphatic carbocycles. The van der Waals surface area contributed by atoms with E-state index in [-0.39, 0.29) is 17.6 Å². The monoisotopic (exact) mass is 395 g/mol. The number of nitrogens with zero attached hydrogens (tertiary/aromatic N) is 4. The first-order valence-corrected chi connectivity index (χ1v) is 10.2. The topological polar surface area (TPSA) is 91.6 Å². The summed E-state index contributed by atoms with van der Waals surface area (Å²) >= 11 is 2.85. The molecule has 8 nitrogen and oxygen atoms in total. The number of piperazine rings is 1. The van der Waals surface area contributed by atoms with Crippen molar-refractivity contribution in [2.24, 2.45) is 0 Å². The van der Waals surface area contributed by atoms with Crippen LogP contribution in [0.15, 0.2) is 27.2 Å². The van der Waals surface area contributed by atoms with Crippen LogP contribution in [0, 0.1) is 0 Å². The Kier molecular flexibility index (Phi) is 6.51. The first-order chi connectivity index (χ1) is 12.7. The number of furan rings is 1. The molecule has 3 heterocycles. The van der Waals surface area contributed by atoms with Crippen LogP contribution in [0.4, 0.5) is 5.13 Å². The van der Waals surface area contributed by atoms with E-state index in [2.05, 4.69) is 20.4 Å². The Bertz CT molecular complexity index is 726. The van der Waals surface area contributed by atoms with E-state index >= 15 is 0 Å². The number of thioether (sulfide) groups is 1. The highest BCUT2D eigenvalue weighted by molar-refractivity contribution is 8.01. The van der Waals surface area contributed by atoms with Gasteiger partial charge in [0, 0.05) is 32.6 Å². The Hall–Kier alpha value is -2.07. The van der Waals surface area contributed by atoms with Gasteiger partial charge >= 0.3 is 0 Å². The lowest BCUT2D eigenvalue weighted by molar-refractivity contribution is -0.131. The molecule has 1 aliphatic heterocycles. The summed E-state index contributed by atoms with van der Waals surface area (Å²) in [5.74, 6) is 1.13. The normalized spacial score (nSPS) is 14.5. The highest BCUT2D eigenvalue weighted by Crippen LogP contribution is 2.28. The molecular weight excluding hydrogens is 374 g/mol. The third-order valence-electron chi connectivity index (χ3n) is 3.97. The first kappa shape index (κ1) is 18.7. The average molecular weight is 396 g/mol. The van der Waals surface area contributed by atoms with E-state index in [1.807, 2.05) is 17.9 Å². The van der Waals surface area contributed by atoms with E-state index in [1.54, 1.807) is 12.3 Å². The minimum absolute atomic E-state index is 0.0742. The predicted molar refractivity (Wildman–Crippen MR) is 100 cm³/mol. The number of hydrogen-bond acceptors (Lipinski definition) is 8. The molecule has 2 amide bonds. The summed E-state index contributed by atoms with van der Waals surface area (Å²) in [6.07, 6.45) is 2.12. The van der Waals surface area contributed by atoms with E-state index in [1.165, 1.54) is 23.1 Å². The Balaban J connectivity index is 1.42. The molecule has 0 radical (unpaired) electrons. The quantitative estimate of drug-likeness (QED) is 0.712. The predicted octanol–water partition coefficient (Wildman–Crippen LogP) is 1.60. The van der Waals surface area contributed by atoms with E-state index in [9.17, 15) is 9.59 Å². The van der Waals surface area contributed by atoms with Crippen molar-refractivity contribution in [2.45, 2.75) is 24.2 Å². The van der Waals surface area contributed by atoms with Crippen molar-refractivity contribution in [3.63, 3.8) is 0 Å². The molecule has 0 unspecified atom stereocenters. The summed E-state index contributed by atoms with van der Waals surface area (Å²) in [6.45, 7) is 5.21. The molecule has 1 saturated heterocycles. The molecular formula is C16H21N5O3S2. The molecule has 2 aromatic heterocycles. The van der Waals surface area contributed by atoms with Gasteiger partial charge in [-0.3, -0.25) is 9.59 Å². The molecule has 3 rings (SSSR count). The minimum Gasteiger partial charge on any atom is -0.467 e. The van der Waals surface area contributed by atoms with Crippen molar-refractivity contribution in [3.05, 3.63) is 24.2 Å². The number of anilines is 1. The number of rotatable bonds is 7. The second-order valence-corrected chi connectivity index (χ2v) is 7.90. The fourth-order valence-corrected chi connectivity index (χ4v) is 4.26. The van der Waals surface area contributed by atoms with Crippen LogP contribution >= 0.6 is 23.1 Å². The summed E-state index contributed by atoms with van der Waals surface area (Å²) in [5, 5.41) is 12.0. The maximum Gasteiger partial charge on any atom is 0.230 e. The van der Waals surface area contributed by atoms with Gasteiger partial charge in [-0.25, -0.2) is 0 Å². The highest BCUT2D eigenvalue weighted by Gasteiger charge is 2.22. The van der Waals surface area contributed by atoms with Gasteiger partial charge in [0.05, 0.1) is 18.6 Å². The maximum absolute atomic E-state index is 11.9. The molecule has 26 heavy (non-hydrogen) atoms. The average Bonchev–Trinajstić information content (AvgIpc) is 3.36. The summed E-state index contributed by atoms with van der Waals surface area (Å²) in [7, 11) is 0. The van der Waals surface area contributed by atoms with Gasteiger partial charge in [0.2, 0.25) is 16.9 Å². The zero-order valence-corrected chi connectivity index (χ0v) is 16.1. The lowest BCUT2D eigenvalue weighted by Gasteiger charge is -2.34. The van der Waals surface area contributed by atoms with Gasteiger partial charge in [0.25, 0.3) is 0 Å². The Morgan fingerprint density at radius 3 is 2.81 bits per heavy atom. The summed E-state index contributed by atoms with van der Waals surface area (Å²) in [5.41, 5.74) is 0. The van der Waals surface area contributed by atoms with Gasteiger partial charge < -0.3 is 19.5 Å². The number of nitrogens with one attached hydrogen (secondary N) is 1. The molecule has 10 heteroatoms. The molecule has 140 valence electrons. The van der Waals surface area contributed by atoms with Crippen molar-refractivity contribution >= 4 is 40.0 Å². The number of aromatic nitrogens is 2. The number of carbonyl (C=O) groups is 2. The van der Waals surface area contributed by atoms with Crippen LogP contribution < -0.4 is 10.2 Å². The lowest BCUT2D eigenvalue weighted by Crippen LogP contribution is -2.48. The first-order valence-electron chi connectivity index (χ1n) is 8.44. The van der Waals surface area contributed by atoms with Gasteiger partial charge in [-0.2, -0.15) is 0 Å².